The molecule has 2 aromatic rings. The van der Waals surface area contributed by atoms with Gasteiger partial charge in [-0.15, -0.1) is 0 Å². The van der Waals surface area contributed by atoms with E-state index in [2.05, 4.69) is 17.1 Å². The first-order chi connectivity index (χ1) is 8.75. The van der Waals surface area contributed by atoms with Crippen LogP contribution in [0.1, 0.15) is 11.3 Å². The monoisotopic (exact) mass is 312 g/mol. The minimum atomic E-state index is 0. The zero-order chi connectivity index (χ0) is 12.8. The first-order valence-electron chi connectivity index (χ1n) is 5.65. The van der Waals surface area contributed by atoms with Gasteiger partial charge in [-0.25, -0.2) is 0 Å². The summed E-state index contributed by atoms with van der Waals surface area (Å²) in [6, 6.07) is 16.0. The largest absolute Gasteiger partial charge is 1.00 e. The van der Waals surface area contributed by atoms with Crippen molar-refractivity contribution in [2.75, 3.05) is 0 Å². The predicted octanol–water partition coefficient (Wildman–Crippen LogP) is -0.0804. The maximum absolute atomic E-state index is 5.13. The van der Waals surface area contributed by atoms with E-state index in [-0.39, 0.29) is 51.4 Å². The molecule has 1 aromatic heterocycles. The van der Waals surface area contributed by atoms with Crippen molar-refractivity contribution in [1.82, 2.24) is 9.88 Å². The Labute approximate surface area is 167 Å². The molecule has 19 heavy (non-hydrogen) atoms. The van der Waals surface area contributed by atoms with E-state index < -0.39 is 0 Å². The summed E-state index contributed by atoms with van der Waals surface area (Å²) in [6.07, 6.45) is 1.78. The third-order valence-corrected chi connectivity index (χ3v) is 3.07. The minimum absolute atomic E-state index is 0. The van der Waals surface area contributed by atoms with Gasteiger partial charge in [0.1, 0.15) is 0 Å². The smallest absolute Gasteiger partial charge is 0.411 e. The molecule has 0 saturated heterocycles. The van der Waals surface area contributed by atoms with E-state index in [1.54, 1.807) is 6.20 Å². The van der Waals surface area contributed by atoms with Crippen molar-refractivity contribution in [2.45, 2.75) is 13.1 Å². The SMILES string of the molecule is S=C([S-])N(Cc1ccccc1)Cc1ccccn1.[K+]. The summed E-state index contributed by atoms with van der Waals surface area (Å²) in [6.45, 7) is 1.37. The van der Waals surface area contributed by atoms with Crippen molar-refractivity contribution in [3.8, 4) is 0 Å². The van der Waals surface area contributed by atoms with Crippen LogP contribution in [-0.2, 0) is 25.7 Å². The second-order valence-electron chi connectivity index (χ2n) is 3.93. The number of benzene rings is 1. The number of thiocarbonyl (C=S) groups is 1. The summed E-state index contributed by atoms with van der Waals surface area (Å²) >= 11 is 10.3. The average Bonchev–Trinajstić information content (AvgIpc) is 2.40. The molecule has 1 heterocycles. The van der Waals surface area contributed by atoms with Gasteiger partial charge in [0.15, 0.2) is 0 Å². The van der Waals surface area contributed by atoms with Gasteiger partial charge in [-0.3, -0.25) is 4.98 Å². The van der Waals surface area contributed by atoms with Crippen molar-refractivity contribution in [3.05, 3.63) is 66.0 Å². The van der Waals surface area contributed by atoms with Gasteiger partial charge in [0.2, 0.25) is 0 Å². The summed E-state index contributed by atoms with van der Waals surface area (Å²) < 4.78 is 0.476. The van der Waals surface area contributed by atoms with E-state index in [0.29, 0.717) is 10.9 Å². The number of hydrogen-bond donors (Lipinski definition) is 0. The number of nitrogens with zero attached hydrogens (tertiary/aromatic N) is 2. The molecule has 0 aliphatic heterocycles. The topological polar surface area (TPSA) is 16.1 Å². The van der Waals surface area contributed by atoms with Gasteiger partial charge in [0.25, 0.3) is 0 Å². The van der Waals surface area contributed by atoms with E-state index in [1.165, 1.54) is 5.56 Å². The van der Waals surface area contributed by atoms with Gasteiger partial charge in [-0.2, -0.15) is 0 Å². The zero-order valence-electron chi connectivity index (χ0n) is 10.8. The predicted molar refractivity (Wildman–Crippen MR) is 79.9 cm³/mol. The number of pyridine rings is 1. The average molecular weight is 313 g/mol. The molecule has 2 nitrogen and oxygen atoms in total. The van der Waals surface area contributed by atoms with Crippen LogP contribution in [0.25, 0.3) is 0 Å². The van der Waals surface area contributed by atoms with E-state index in [1.807, 2.05) is 41.3 Å². The Morgan fingerprint density at radius 2 is 1.74 bits per heavy atom. The summed E-state index contributed by atoms with van der Waals surface area (Å²) in [5.74, 6) is 0. The fourth-order valence-electron chi connectivity index (χ4n) is 1.68. The molecule has 0 aliphatic rings. The molecule has 0 spiro atoms. The second kappa shape index (κ2) is 9.13. The molecular weight excluding hydrogens is 299 g/mol. The minimum Gasteiger partial charge on any atom is -0.411 e. The van der Waals surface area contributed by atoms with Crippen LogP contribution in [0.3, 0.4) is 0 Å². The van der Waals surface area contributed by atoms with Gasteiger partial charge < -0.3 is 29.7 Å². The van der Waals surface area contributed by atoms with Gasteiger partial charge in [-0.1, -0.05) is 40.7 Å². The number of rotatable bonds is 4. The van der Waals surface area contributed by atoms with Crippen molar-refractivity contribution in [1.29, 1.82) is 0 Å². The summed E-state index contributed by atoms with van der Waals surface area (Å²) in [7, 11) is 0. The van der Waals surface area contributed by atoms with Gasteiger partial charge in [-0.05, 0) is 17.7 Å². The molecule has 0 aliphatic carbocycles. The van der Waals surface area contributed by atoms with Crippen LogP contribution < -0.4 is 51.4 Å². The molecule has 0 fully saturated rings. The maximum atomic E-state index is 5.13. The molecule has 5 heteroatoms. The third kappa shape index (κ3) is 5.95. The molecule has 0 radical (unpaired) electrons. The zero-order valence-corrected chi connectivity index (χ0v) is 15.6. The van der Waals surface area contributed by atoms with Crippen LogP contribution in [0, 0.1) is 0 Å². The fraction of sp³-hybridized carbons (Fsp3) is 0.143. The number of hydrogen-bond acceptors (Lipinski definition) is 3. The van der Waals surface area contributed by atoms with Crippen molar-refractivity contribution in [3.63, 3.8) is 0 Å². The van der Waals surface area contributed by atoms with Crippen LogP contribution in [0.2, 0.25) is 0 Å². The molecule has 0 bridgehead atoms. The van der Waals surface area contributed by atoms with E-state index in [4.69, 9.17) is 24.8 Å². The van der Waals surface area contributed by atoms with Crippen LogP contribution in [0.15, 0.2) is 54.7 Å². The molecule has 0 N–H and O–H groups in total. The first kappa shape index (κ1) is 17.2. The van der Waals surface area contributed by atoms with E-state index >= 15 is 0 Å². The standard InChI is InChI=1S/C14H14N2S2.K/c17-14(18)16(10-12-6-2-1-3-7-12)11-13-8-4-5-9-15-13;/h1-9H,10-11H2,(H,17,18);/q;+1/p-1. The Kier molecular flexibility index (Phi) is 8.25. The normalized spacial score (nSPS) is 9.47. The van der Waals surface area contributed by atoms with Crippen LogP contribution in [0.5, 0.6) is 0 Å². The Bertz CT molecular complexity index is 464. The Balaban J connectivity index is 0.00000180. The van der Waals surface area contributed by atoms with E-state index in [0.717, 1.165) is 12.2 Å². The van der Waals surface area contributed by atoms with Crippen LogP contribution in [0.4, 0.5) is 0 Å². The Morgan fingerprint density at radius 1 is 1.05 bits per heavy atom. The molecule has 0 atom stereocenters. The maximum Gasteiger partial charge on any atom is 1.00 e. The molecule has 92 valence electrons. The fourth-order valence-corrected chi connectivity index (χ4v) is 1.93. The van der Waals surface area contributed by atoms with Gasteiger partial charge in [0.05, 0.1) is 12.2 Å². The van der Waals surface area contributed by atoms with Gasteiger partial charge >= 0.3 is 51.4 Å². The van der Waals surface area contributed by atoms with Gasteiger partial charge in [0, 0.05) is 12.7 Å². The van der Waals surface area contributed by atoms with Crippen LogP contribution >= 0.6 is 12.2 Å². The summed E-state index contributed by atoms with van der Waals surface area (Å²) in [5.41, 5.74) is 2.17. The Morgan fingerprint density at radius 3 is 2.32 bits per heavy atom. The summed E-state index contributed by atoms with van der Waals surface area (Å²) in [4.78, 5) is 6.27. The Hall–Kier alpha value is 0.116. The van der Waals surface area contributed by atoms with E-state index in [9.17, 15) is 0 Å². The summed E-state index contributed by atoms with van der Waals surface area (Å²) in [5, 5.41) is 0. The van der Waals surface area contributed by atoms with Crippen molar-refractivity contribution < 1.29 is 51.4 Å². The van der Waals surface area contributed by atoms with Crippen molar-refractivity contribution in [2.24, 2.45) is 0 Å². The second-order valence-corrected chi connectivity index (χ2v) is 4.96. The first-order valence-corrected chi connectivity index (χ1v) is 6.47. The third-order valence-electron chi connectivity index (χ3n) is 2.55. The number of aromatic nitrogens is 1. The molecule has 2 rings (SSSR count). The quantitative estimate of drug-likeness (QED) is 0.446. The molecule has 1 aromatic carbocycles. The molecule has 0 unspecified atom stereocenters. The van der Waals surface area contributed by atoms with Crippen molar-refractivity contribution >= 4 is 29.2 Å². The molecular formula is C14H13KN2S2. The molecule has 0 amide bonds. The molecule has 0 saturated carbocycles. The van der Waals surface area contributed by atoms with Crippen LogP contribution in [-0.4, -0.2) is 14.2 Å².